The van der Waals surface area contributed by atoms with Gasteiger partial charge in [0.25, 0.3) is 5.91 Å². The number of amides is 1. The Balaban J connectivity index is 2.24. The normalized spacial score (nSPS) is 12.7. The summed E-state index contributed by atoms with van der Waals surface area (Å²) in [5.74, 6) is -1.87. The summed E-state index contributed by atoms with van der Waals surface area (Å²) in [4.78, 5) is 23.7. The molecule has 0 saturated carbocycles. The summed E-state index contributed by atoms with van der Waals surface area (Å²) in [5.41, 5.74) is 0.231. The summed E-state index contributed by atoms with van der Waals surface area (Å²) >= 11 is 0. The van der Waals surface area contributed by atoms with E-state index in [9.17, 15) is 19.1 Å². The Bertz CT molecular complexity index is 777. The molecule has 24 heavy (non-hydrogen) atoms. The van der Waals surface area contributed by atoms with Crippen LogP contribution in [0.25, 0.3) is 0 Å². The molecule has 6 nitrogen and oxygen atoms in total. The number of aromatic nitrogens is 1. The van der Waals surface area contributed by atoms with Gasteiger partial charge in [-0.15, -0.1) is 0 Å². The molecule has 1 atom stereocenters. The fraction of sp³-hybridized carbons (Fsp3) is 0.353. The van der Waals surface area contributed by atoms with Crippen molar-refractivity contribution in [1.29, 1.82) is 0 Å². The molecule has 0 bridgehead atoms. The number of aryl methyl sites for hydroxylation is 1. The monoisotopic (exact) mass is 334 g/mol. The minimum atomic E-state index is -1.31. The molecule has 2 N–H and O–H groups in total. The molecular weight excluding hydrogens is 315 g/mol. The summed E-state index contributed by atoms with van der Waals surface area (Å²) in [6.45, 7) is 7.22. The van der Waals surface area contributed by atoms with Crippen molar-refractivity contribution in [3.05, 3.63) is 52.7 Å². The van der Waals surface area contributed by atoms with E-state index >= 15 is 0 Å². The molecular formula is C17H19FN2O4. The van der Waals surface area contributed by atoms with Crippen LogP contribution in [0.1, 0.15) is 54.2 Å². The minimum Gasteiger partial charge on any atom is -0.479 e. The second-order valence-electron chi connectivity index (χ2n) is 6.58. The summed E-state index contributed by atoms with van der Waals surface area (Å²) < 4.78 is 18.5. The third-order valence-electron chi connectivity index (χ3n) is 3.52. The van der Waals surface area contributed by atoms with Crippen LogP contribution in [0.3, 0.4) is 0 Å². The molecule has 2 rings (SSSR count). The maximum absolute atomic E-state index is 13.3. The van der Waals surface area contributed by atoms with Crippen molar-refractivity contribution in [3.63, 3.8) is 0 Å². The standard InChI is InChI=1S/C17H19FN2O4/c1-9-7-10(5-6-11(9)18)14(16(22)23)19-15(21)12-8-13(24-20-12)17(2,3)4/h5-8,14H,1-4H3,(H,19,21)(H,22,23). The van der Waals surface area contributed by atoms with Crippen molar-refractivity contribution < 1.29 is 23.6 Å². The second kappa shape index (κ2) is 6.43. The number of carboxylic acids is 1. The summed E-state index contributed by atoms with van der Waals surface area (Å²) in [7, 11) is 0. The highest BCUT2D eigenvalue weighted by Gasteiger charge is 2.27. The van der Waals surface area contributed by atoms with Crippen LogP contribution >= 0.6 is 0 Å². The molecule has 0 aliphatic rings. The largest absolute Gasteiger partial charge is 0.479 e. The number of aliphatic carboxylic acids is 1. The number of carbonyl (C=O) groups excluding carboxylic acids is 1. The Labute approximate surface area is 138 Å². The minimum absolute atomic E-state index is 0.00925. The van der Waals surface area contributed by atoms with Gasteiger partial charge in [0.05, 0.1) is 0 Å². The van der Waals surface area contributed by atoms with Crippen LogP contribution in [0.4, 0.5) is 4.39 Å². The van der Waals surface area contributed by atoms with Crippen LogP contribution in [-0.2, 0) is 10.2 Å². The van der Waals surface area contributed by atoms with E-state index in [1.807, 2.05) is 20.8 Å². The Morgan fingerprint density at radius 1 is 1.29 bits per heavy atom. The first kappa shape index (κ1) is 17.7. The molecule has 1 unspecified atom stereocenters. The van der Waals surface area contributed by atoms with Gasteiger partial charge in [0.15, 0.2) is 11.7 Å². The molecule has 0 spiro atoms. The first-order valence-electron chi connectivity index (χ1n) is 7.36. The van der Waals surface area contributed by atoms with E-state index in [1.54, 1.807) is 0 Å². The van der Waals surface area contributed by atoms with Crippen LogP contribution in [-0.4, -0.2) is 22.1 Å². The van der Waals surface area contributed by atoms with Crippen LogP contribution in [0.15, 0.2) is 28.8 Å². The molecule has 0 aliphatic carbocycles. The number of carbonyl (C=O) groups is 2. The maximum Gasteiger partial charge on any atom is 0.330 e. The summed E-state index contributed by atoms with van der Waals surface area (Å²) in [6, 6.07) is 4.04. The lowest BCUT2D eigenvalue weighted by molar-refractivity contribution is -0.139. The lowest BCUT2D eigenvalue weighted by atomic mass is 9.93. The van der Waals surface area contributed by atoms with E-state index in [2.05, 4.69) is 10.5 Å². The second-order valence-corrected chi connectivity index (χ2v) is 6.58. The van der Waals surface area contributed by atoms with Gasteiger partial charge in [-0.3, -0.25) is 4.79 Å². The Morgan fingerprint density at radius 2 is 1.96 bits per heavy atom. The summed E-state index contributed by atoms with van der Waals surface area (Å²) in [5, 5.41) is 15.4. The maximum atomic E-state index is 13.3. The van der Waals surface area contributed by atoms with Crippen LogP contribution in [0.2, 0.25) is 0 Å². The van der Waals surface area contributed by atoms with E-state index < -0.39 is 23.7 Å². The predicted molar refractivity (Wildman–Crippen MR) is 84.2 cm³/mol. The number of nitrogens with zero attached hydrogens (tertiary/aromatic N) is 1. The zero-order chi connectivity index (χ0) is 18.1. The van der Waals surface area contributed by atoms with Gasteiger partial charge in [0.1, 0.15) is 11.6 Å². The fourth-order valence-corrected chi connectivity index (χ4v) is 2.08. The molecule has 2 aromatic rings. The van der Waals surface area contributed by atoms with Crippen molar-refractivity contribution >= 4 is 11.9 Å². The molecule has 1 aromatic heterocycles. The molecule has 0 radical (unpaired) electrons. The molecule has 0 fully saturated rings. The lowest BCUT2D eigenvalue weighted by Gasteiger charge is -2.15. The average molecular weight is 334 g/mol. The van der Waals surface area contributed by atoms with Crippen molar-refractivity contribution in [1.82, 2.24) is 10.5 Å². The lowest BCUT2D eigenvalue weighted by Crippen LogP contribution is -2.34. The number of halogens is 1. The average Bonchev–Trinajstić information content (AvgIpc) is 2.97. The van der Waals surface area contributed by atoms with Gasteiger partial charge in [0, 0.05) is 11.5 Å². The predicted octanol–water partition coefficient (Wildman–Crippen LogP) is 2.98. The van der Waals surface area contributed by atoms with E-state index in [4.69, 9.17) is 4.52 Å². The van der Waals surface area contributed by atoms with Crippen LogP contribution < -0.4 is 5.32 Å². The van der Waals surface area contributed by atoms with E-state index in [0.717, 1.165) is 0 Å². The topological polar surface area (TPSA) is 92.4 Å². The fourth-order valence-electron chi connectivity index (χ4n) is 2.08. The van der Waals surface area contributed by atoms with Crippen molar-refractivity contribution in [2.24, 2.45) is 0 Å². The number of benzene rings is 1. The number of carboxylic acid groups (broad SMARTS) is 1. The molecule has 1 aromatic carbocycles. The van der Waals surface area contributed by atoms with Crippen LogP contribution in [0.5, 0.6) is 0 Å². The molecule has 1 amide bonds. The number of nitrogens with one attached hydrogen (secondary N) is 1. The van der Waals surface area contributed by atoms with E-state index in [1.165, 1.54) is 31.2 Å². The van der Waals surface area contributed by atoms with Crippen molar-refractivity contribution in [2.45, 2.75) is 39.2 Å². The van der Waals surface area contributed by atoms with Gasteiger partial charge < -0.3 is 14.9 Å². The van der Waals surface area contributed by atoms with Gasteiger partial charge in [-0.2, -0.15) is 0 Å². The van der Waals surface area contributed by atoms with Crippen molar-refractivity contribution in [3.8, 4) is 0 Å². The number of rotatable bonds is 4. The zero-order valence-electron chi connectivity index (χ0n) is 13.9. The quantitative estimate of drug-likeness (QED) is 0.897. The third-order valence-corrected chi connectivity index (χ3v) is 3.52. The highest BCUT2D eigenvalue weighted by atomic mass is 19.1. The Kier molecular flexibility index (Phi) is 4.73. The first-order chi connectivity index (χ1) is 11.1. The van der Waals surface area contributed by atoms with Gasteiger partial charge in [0.2, 0.25) is 0 Å². The van der Waals surface area contributed by atoms with Gasteiger partial charge in [-0.05, 0) is 24.1 Å². The zero-order valence-corrected chi connectivity index (χ0v) is 13.9. The smallest absolute Gasteiger partial charge is 0.330 e. The number of hydrogen-bond acceptors (Lipinski definition) is 4. The summed E-state index contributed by atoms with van der Waals surface area (Å²) in [6.07, 6.45) is 0. The highest BCUT2D eigenvalue weighted by molar-refractivity contribution is 5.95. The third kappa shape index (κ3) is 3.79. The van der Waals surface area contributed by atoms with Crippen molar-refractivity contribution in [2.75, 3.05) is 0 Å². The first-order valence-corrected chi connectivity index (χ1v) is 7.36. The molecule has 0 aliphatic heterocycles. The SMILES string of the molecule is Cc1cc(C(NC(=O)c2cc(C(C)(C)C)on2)C(=O)O)ccc1F. The van der Waals surface area contributed by atoms with Gasteiger partial charge in [-0.25, -0.2) is 9.18 Å². The van der Waals surface area contributed by atoms with E-state index in [-0.39, 0.29) is 16.7 Å². The van der Waals surface area contributed by atoms with E-state index in [0.29, 0.717) is 11.3 Å². The van der Waals surface area contributed by atoms with Gasteiger partial charge in [-0.1, -0.05) is 38.1 Å². The molecule has 0 saturated heterocycles. The highest BCUT2D eigenvalue weighted by Crippen LogP contribution is 2.23. The molecule has 1 heterocycles. The Hall–Kier alpha value is -2.70. The number of hydrogen-bond donors (Lipinski definition) is 2. The molecule has 7 heteroatoms. The molecule has 128 valence electrons. The van der Waals surface area contributed by atoms with Crippen LogP contribution in [0, 0.1) is 12.7 Å². The Morgan fingerprint density at radius 3 is 2.46 bits per heavy atom. The van der Waals surface area contributed by atoms with Gasteiger partial charge >= 0.3 is 5.97 Å².